The summed E-state index contributed by atoms with van der Waals surface area (Å²) >= 11 is -0.826. The van der Waals surface area contributed by atoms with Crippen LogP contribution in [-0.2, 0) is 20.8 Å². The van der Waals surface area contributed by atoms with Crippen LogP contribution in [0.2, 0.25) is 0 Å². The van der Waals surface area contributed by atoms with Crippen LogP contribution in [0.5, 0.6) is 0 Å². The topological polar surface area (TPSA) is 0 Å². The van der Waals surface area contributed by atoms with Gasteiger partial charge in [-0.05, 0) is 67.1 Å². The SMILES string of the molecule is C=C(CCC1CCC2C=CC=CC21)c1ccccc1C.[CH3-].[CH3-].[Cl][Zr+2][Cl]. The van der Waals surface area contributed by atoms with E-state index in [9.17, 15) is 0 Å². The number of allylic oxidation sites excluding steroid dienone is 5. The molecule has 0 aromatic heterocycles. The molecule has 0 heterocycles. The molecule has 0 saturated heterocycles. The molecular formula is C22H30Cl2Zr. The van der Waals surface area contributed by atoms with Crippen LogP contribution in [0.1, 0.15) is 36.8 Å². The number of hydrogen-bond acceptors (Lipinski definition) is 0. The first-order valence-electron chi connectivity index (χ1n) is 8.22. The van der Waals surface area contributed by atoms with E-state index >= 15 is 0 Å². The van der Waals surface area contributed by atoms with Gasteiger partial charge in [-0.25, -0.2) is 0 Å². The number of rotatable bonds is 4. The predicted octanol–water partition coefficient (Wildman–Crippen LogP) is 7.83. The van der Waals surface area contributed by atoms with Crippen molar-refractivity contribution < 1.29 is 20.8 Å². The zero-order valence-electron chi connectivity index (χ0n) is 15.6. The number of fused-ring (bicyclic) bond motifs is 1. The van der Waals surface area contributed by atoms with Crippen molar-refractivity contribution in [2.75, 3.05) is 0 Å². The van der Waals surface area contributed by atoms with Crippen molar-refractivity contribution >= 4 is 22.6 Å². The second-order valence-electron chi connectivity index (χ2n) is 6.38. The summed E-state index contributed by atoms with van der Waals surface area (Å²) < 4.78 is 0. The van der Waals surface area contributed by atoms with Crippen molar-refractivity contribution in [1.29, 1.82) is 0 Å². The molecule has 0 radical (unpaired) electrons. The third-order valence-corrected chi connectivity index (χ3v) is 5.06. The molecular weight excluding hydrogens is 426 g/mol. The Hall–Kier alpha value is -0.0969. The molecule has 0 nitrogen and oxygen atoms in total. The molecule has 25 heavy (non-hydrogen) atoms. The van der Waals surface area contributed by atoms with Crippen LogP contribution in [-0.4, -0.2) is 0 Å². The van der Waals surface area contributed by atoms with Crippen LogP contribution in [0.3, 0.4) is 0 Å². The molecule has 1 saturated carbocycles. The van der Waals surface area contributed by atoms with E-state index in [-0.39, 0.29) is 14.9 Å². The summed E-state index contributed by atoms with van der Waals surface area (Å²) in [6.45, 7) is 6.50. The van der Waals surface area contributed by atoms with Crippen LogP contribution < -0.4 is 0 Å². The Bertz CT molecular complexity index is 577. The summed E-state index contributed by atoms with van der Waals surface area (Å²) in [4.78, 5) is 0. The molecule has 3 heteroatoms. The van der Waals surface area contributed by atoms with E-state index < -0.39 is 20.8 Å². The Labute approximate surface area is 174 Å². The Morgan fingerprint density at radius 2 is 1.76 bits per heavy atom. The van der Waals surface area contributed by atoms with Gasteiger partial charge in [-0.15, -0.1) is 0 Å². The molecule has 1 aromatic carbocycles. The molecule has 0 N–H and O–H groups in total. The average Bonchev–Trinajstić information content (AvgIpc) is 2.97. The minimum absolute atomic E-state index is 0. The summed E-state index contributed by atoms with van der Waals surface area (Å²) in [5.41, 5.74) is 4.00. The Morgan fingerprint density at radius 3 is 2.44 bits per heavy atom. The number of benzene rings is 1. The monoisotopic (exact) mass is 454 g/mol. The van der Waals surface area contributed by atoms with Crippen molar-refractivity contribution in [3.05, 3.63) is 81.1 Å². The summed E-state index contributed by atoms with van der Waals surface area (Å²) in [6.07, 6.45) is 14.5. The molecule has 0 bridgehead atoms. The number of halogens is 2. The fraction of sp³-hybridized carbons (Fsp3) is 0.364. The molecule has 1 aromatic rings. The van der Waals surface area contributed by atoms with Crippen LogP contribution in [0.25, 0.3) is 5.57 Å². The van der Waals surface area contributed by atoms with Gasteiger partial charge in [-0.2, -0.15) is 0 Å². The predicted molar refractivity (Wildman–Crippen MR) is 112 cm³/mol. The van der Waals surface area contributed by atoms with E-state index in [1.807, 2.05) is 0 Å². The third-order valence-electron chi connectivity index (χ3n) is 5.06. The van der Waals surface area contributed by atoms with Gasteiger partial charge >= 0.3 is 37.9 Å². The first kappa shape index (κ1) is 24.9. The molecule has 0 amide bonds. The normalized spacial score (nSPS) is 22.4. The van der Waals surface area contributed by atoms with Gasteiger partial charge in [-0.1, -0.05) is 55.1 Å². The Morgan fingerprint density at radius 1 is 1.12 bits per heavy atom. The fourth-order valence-corrected chi connectivity index (χ4v) is 3.87. The quantitative estimate of drug-likeness (QED) is 0.405. The van der Waals surface area contributed by atoms with Crippen LogP contribution in [0.15, 0.2) is 55.1 Å². The second-order valence-corrected chi connectivity index (χ2v) is 10.1. The molecule has 3 unspecified atom stereocenters. The molecule has 1 fully saturated rings. The zero-order valence-corrected chi connectivity index (χ0v) is 19.6. The summed E-state index contributed by atoms with van der Waals surface area (Å²) in [6, 6.07) is 8.61. The standard InChI is InChI=1S/C20H24.2CH3.2ClH.Zr/c1-15-7-3-5-9-19(15)16(2)11-12-18-14-13-17-8-4-6-10-20(17)18;;;;;/h3-10,17-18,20H,2,11-14H2,1H3;2*1H3;2*1H;/q;2*-1;;;+4/p-2. The van der Waals surface area contributed by atoms with Gasteiger partial charge in [0, 0.05) is 0 Å². The van der Waals surface area contributed by atoms with E-state index in [1.54, 1.807) is 0 Å². The summed E-state index contributed by atoms with van der Waals surface area (Å²) in [5.74, 6) is 2.43. The second kappa shape index (κ2) is 13.1. The van der Waals surface area contributed by atoms with E-state index in [0.29, 0.717) is 0 Å². The van der Waals surface area contributed by atoms with E-state index in [2.05, 4.69) is 62.1 Å². The van der Waals surface area contributed by atoms with Crippen molar-refractivity contribution in [3.8, 4) is 0 Å². The fourth-order valence-electron chi connectivity index (χ4n) is 3.87. The first-order valence-corrected chi connectivity index (χ1v) is 14.6. The summed E-state index contributed by atoms with van der Waals surface area (Å²) in [5, 5.41) is 0. The molecule has 136 valence electrons. The van der Waals surface area contributed by atoms with E-state index in [0.717, 1.165) is 24.2 Å². The van der Waals surface area contributed by atoms with Gasteiger partial charge in [-0.3, -0.25) is 0 Å². The average molecular weight is 457 g/mol. The third kappa shape index (κ3) is 7.20. The Balaban J connectivity index is 0.00000108. The van der Waals surface area contributed by atoms with Crippen LogP contribution >= 0.6 is 17.0 Å². The molecule has 2 aliphatic rings. The van der Waals surface area contributed by atoms with Crippen molar-refractivity contribution in [2.24, 2.45) is 17.8 Å². The van der Waals surface area contributed by atoms with E-state index in [1.165, 1.54) is 36.0 Å². The minimum atomic E-state index is -0.826. The Kier molecular flexibility index (Phi) is 13.1. The number of aryl methyl sites for hydroxylation is 1. The molecule has 0 aliphatic heterocycles. The van der Waals surface area contributed by atoms with Crippen molar-refractivity contribution in [2.45, 2.75) is 32.6 Å². The number of hydrogen-bond donors (Lipinski definition) is 0. The zero-order chi connectivity index (χ0) is 16.7. The van der Waals surface area contributed by atoms with Gasteiger partial charge < -0.3 is 14.9 Å². The molecule has 3 atom stereocenters. The maximum absolute atomic E-state index is 4.93. The van der Waals surface area contributed by atoms with Gasteiger partial charge in [0.05, 0.1) is 0 Å². The van der Waals surface area contributed by atoms with E-state index in [4.69, 9.17) is 17.0 Å². The van der Waals surface area contributed by atoms with Gasteiger partial charge in [0.15, 0.2) is 0 Å². The van der Waals surface area contributed by atoms with Crippen molar-refractivity contribution in [1.82, 2.24) is 0 Å². The summed E-state index contributed by atoms with van der Waals surface area (Å²) in [7, 11) is 9.87. The van der Waals surface area contributed by atoms with Crippen LogP contribution in [0.4, 0.5) is 0 Å². The maximum atomic E-state index is 4.93. The molecule has 2 aliphatic carbocycles. The van der Waals surface area contributed by atoms with Crippen molar-refractivity contribution in [3.63, 3.8) is 0 Å². The van der Waals surface area contributed by atoms with Gasteiger partial charge in [0.25, 0.3) is 0 Å². The first-order chi connectivity index (χ1) is 11.2. The van der Waals surface area contributed by atoms with Gasteiger partial charge in [0.2, 0.25) is 0 Å². The molecule has 0 spiro atoms. The van der Waals surface area contributed by atoms with Crippen LogP contribution in [0, 0.1) is 39.5 Å². The van der Waals surface area contributed by atoms with Gasteiger partial charge in [0.1, 0.15) is 0 Å². The molecule has 3 rings (SSSR count).